The van der Waals surface area contributed by atoms with Crippen LogP contribution in [0.25, 0.3) is 0 Å². The standard InChI is InChI=1S/C13H24N2O3/c1-13(2,3)18-12(16)15(17)11-7-6-10(8-11)9-14(4)5/h6-7,10-11,17H,8-9H2,1-5H3/t10-,11-/m0/s1. The molecule has 5 heteroatoms. The van der Waals surface area contributed by atoms with Crippen LogP contribution in [0.5, 0.6) is 0 Å². The zero-order chi connectivity index (χ0) is 13.9. The average molecular weight is 256 g/mol. The highest BCUT2D eigenvalue weighted by atomic mass is 16.6. The lowest BCUT2D eigenvalue weighted by Crippen LogP contribution is -2.40. The molecule has 1 aliphatic carbocycles. The van der Waals surface area contributed by atoms with E-state index in [1.54, 1.807) is 20.8 Å². The number of rotatable bonds is 3. The van der Waals surface area contributed by atoms with Crippen molar-refractivity contribution >= 4 is 6.09 Å². The minimum Gasteiger partial charge on any atom is -0.442 e. The van der Waals surface area contributed by atoms with Gasteiger partial charge in [-0.15, -0.1) is 0 Å². The monoisotopic (exact) mass is 256 g/mol. The Morgan fingerprint density at radius 3 is 2.50 bits per heavy atom. The summed E-state index contributed by atoms with van der Waals surface area (Å²) in [5, 5.41) is 10.5. The number of carbonyl (C=O) groups excluding carboxylic acids is 1. The van der Waals surface area contributed by atoms with Crippen LogP contribution in [0.2, 0.25) is 0 Å². The van der Waals surface area contributed by atoms with Crippen LogP contribution in [0.15, 0.2) is 12.2 Å². The first-order chi connectivity index (χ1) is 8.19. The molecular weight excluding hydrogens is 232 g/mol. The Bertz CT molecular complexity index is 321. The molecule has 0 unspecified atom stereocenters. The molecule has 0 spiro atoms. The maximum Gasteiger partial charge on any atom is 0.434 e. The average Bonchev–Trinajstić information content (AvgIpc) is 2.61. The summed E-state index contributed by atoms with van der Waals surface area (Å²) in [5.41, 5.74) is -0.594. The molecule has 0 fully saturated rings. The van der Waals surface area contributed by atoms with E-state index in [9.17, 15) is 10.0 Å². The maximum atomic E-state index is 11.7. The lowest BCUT2D eigenvalue weighted by atomic mass is 10.1. The predicted molar refractivity (Wildman–Crippen MR) is 69.4 cm³/mol. The summed E-state index contributed by atoms with van der Waals surface area (Å²) < 4.78 is 5.12. The number of hydroxylamine groups is 2. The Morgan fingerprint density at radius 2 is 2.00 bits per heavy atom. The van der Waals surface area contributed by atoms with Gasteiger partial charge in [-0.25, -0.2) is 4.79 Å². The van der Waals surface area contributed by atoms with Gasteiger partial charge in [0, 0.05) is 6.54 Å². The molecule has 2 atom stereocenters. The van der Waals surface area contributed by atoms with Gasteiger partial charge in [0.1, 0.15) is 5.60 Å². The molecule has 0 aromatic rings. The van der Waals surface area contributed by atoms with Gasteiger partial charge in [0.05, 0.1) is 6.04 Å². The molecule has 18 heavy (non-hydrogen) atoms. The van der Waals surface area contributed by atoms with E-state index in [0.717, 1.165) is 13.0 Å². The van der Waals surface area contributed by atoms with Crippen LogP contribution in [0.1, 0.15) is 27.2 Å². The van der Waals surface area contributed by atoms with E-state index in [2.05, 4.69) is 4.90 Å². The zero-order valence-electron chi connectivity index (χ0n) is 11.9. The summed E-state index contributed by atoms with van der Waals surface area (Å²) in [6.07, 6.45) is 3.94. The number of carbonyl (C=O) groups is 1. The second-order valence-corrected chi connectivity index (χ2v) is 6.04. The van der Waals surface area contributed by atoms with E-state index in [-0.39, 0.29) is 6.04 Å². The molecule has 104 valence electrons. The molecule has 0 saturated heterocycles. The van der Waals surface area contributed by atoms with E-state index >= 15 is 0 Å². The third kappa shape index (κ3) is 4.66. The van der Waals surface area contributed by atoms with Crippen LogP contribution in [-0.4, -0.2) is 53.5 Å². The molecule has 0 saturated carbocycles. The molecule has 1 rings (SSSR count). The minimum absolute atomic E-state index is 0.287. The fourth-order valence-electron chi connectivity index (χ4n) is 1.98. The van der Waals surface area contributed by atoms with Crippen molar-refractivity contribution in [3.05, 3.63) is 12.2 Å². The predicted octanol–water partition coefficient (Wildman–Crippen LogP) is 2.12. The van der Waals surface area contributed by atoms with Crippen LogP contribution < -0.4 is 0 Å². The first-order valence-electron chi connectivity index (χ1n) is 6.23. The van der Waals surface area contributed by atoms with Crippen molar-refractivity contribution in [2.45, 2.75) is 38.8 Å². The largest absolute Gasteiger partial charge is 0.442 e. The molecule has 1 amide bonds. The Hall–Kier alpha value is -1.07. The van der Waals surface area contributed by atoms with E-state index < -0.39 is 11.7 Å². The summed E-state index contributed by atoms with van der Waals surface area (Å²) in [6.45, 7) is 6.24. The van der Waals surface area contributed by atoms with Gasteiger partial charge < -0.3 is 9.64 Å². The van der Waals surface area contributed by atoms with Crippen molar-refractivity contribution in [2.75, 3.05) is 20.6 Å². The number of amides is 1. The number of nitrogens with zero attached hydrogens (tertiary/aromatic N) is 2. The van der Waals surface area contributed by atoms with Crippen molar-refractivity contribution in [3.8, 4) is 0 Å². The molecule has 0 bridgehead atoms. The Kier molecular flexibility index (Phi) is 4.76. The summed E-state index contributed by atoms with van der Waals surface area (Å²) in [7, 11) is 4.01. The van der Waals surface area contributed by atoms with E-state index in [1.807, 2.05) is 26.2 Å². The van der Waals surface area contributed by atoms with E-state index in [1.165, 1.54) is 0 Å². The van der Waals surface area contributed by atoms with Gasteiger partial charge in [0.2, 0.25) is 0 Å². The number of hydrogen-bond acceptors (Lipinski definition) is 4. The molecule has 0 aromatic carbocycles. The lowest BCUT2D eigenvalue weighted by molar-refractivity contribution is -0.111. The molecule has 5 nitrogen and oxygen atoms in total. The molecular formula is C13H24N2O3. The highest BCUT2D eigenvalue weighted by Gasteiger charge is 2.30. The highest BCUT2D eigenvalue weighted by Crippen LogP contribution is 2.23. The SMILES string of the molecule is CN(C)C[C@H]1C=C[C@H](N(O)C(=O)OC(C)(C)C)C1. The third-order valence-corrected chi connectivity index (χ3v) is 2.64. The normalized spacial score (nSPS) is 23.5. The zero-order valence-corrected chi connectivity index (χ0v) is 11.9. The molecule has 0 aliphatic heterocycles. The first-order valence-corrected chi connectivity index (χ1v) is 6.23. The fraction of sp³-hybridized carbons (Fsp3) is 0.769. The van der Waals surface area contributed by atoms with Crippen molar-refractivity contribution in [3.63, 3.8) is 0 Å². The van der Waals surface area contributed by atoms with Gasteiger partial charge in [-0.1, -0.05) is 12.2 Å². The molecule has 1 N–H and O–H groups in total. The maximum absolute atomic E-state index is 11.7. The molecule has 0 radical (unpaired) electrons. The van der Waals surface area contributed by atoms with Gasteiger partial charge in [0.25, 0.3) is 0 Å². The second-order valence-electron chi connectivity index (χ2n) is 6.04. The van der Waals surface area contributed by atoms with Gasteiger partial charge in [-0.05, 0) is 47.2 Å². The van der Waals surface area contributed by atoms with Crippen molar-refractivity contribution in [2.24, 2.45) is 5.92 Å². The summed E-state index contributed by atoms with van der Waals surface area (Å²) in [6, 6.07) is -0.287. The smallest absolute Gasteiger partial charge is 0.434 e. The Morgan fingerprint density at radius 1 is 1.39 bits per heavy atom. The lowest BCUT2D eigenvalue weighted by Gasteiger charge is -2.26. The highest BCUT2D eigenvalue weighted by molar-refractivity contribution is 5.67. The van der Waals surface area contributed by atoms with Crippen molar-refractivity contribution in [1.29, 1.82) is 0 Å². The van der Waals surface area contributed by atoms with Crippen LogP contribution >= 0.6 is 0 Å². The topological polar surface area (TPSA) is 53.0 Å². The Labute approximate surface area is 109 Å². The van der Waals surface area contributed by atoms with Gasteiger partial charge in [0.15, 0.2) is 0 Å². The van der Waals surface area contributed by atoms with Crippen molar-refractivity contribution < 1.29 is 14.7 Å². The number of hydrogen-bond donors (Lipinski definition) is 1. The van der Waals surface area contributed by atoms with E-state index in [4.69, 9.17) is 4.74 Å². The molecule has 1 aliphatic rings. The third-order valence-electron chi connectivity index (χ3n) is 2.64. The summed E-state index contributed by atoms with van der Waals surface area (Å²) in [5.74, 6) is 0.363. The van der Waals surface area contributed by atoms with Crippen LogP contribution in [0.3, 0.4) is 0 Å². The summed E-state index contributed by atoms with van der Waals surface area (Å²) >= 11 is 0. The van der Waals surface area contributed by atoms with Gasteiger partial charge >= 0.3 is 6.09 Å². The van der Waals surface area contributed by atoms with E-state index in [0.29, 0.717) is 11.0 Å². The van der Waals surface area contributed by atoms with Crippen LogP contribution in [0.4, 0.5) is 4.79 Å². The van der Waals surface area contributed by atoms with Gasteiger partial charge in [-0.2, -0.15) is 5.06 Å². The van der Waals surface area contributed by atoms with Crippen molar-refractivity contribution in [1.82, 2.24) is 9.96 Å². The number of ether oxygens (including phenoxy) is 1. The van der Waals surface area contributed by atoms with Crippen LogP contribution in [-0.2, 0) is 4.74 Å². The molecule has 0 aromatic heterocycles. The second kappa shape index (κ2) is 5.71. The summed E-state index contributed by atoms with van der Waals surface area (Å²) in [4.78, 5) is 13.8. The Balaban J connectivity index is 2.48. The quantitative estimate of drug-likeness (QED) is 0.477. The first kappa shape index (κ1) is 15.0. The minimum atomic E-state index is -0.692. The molecule has 0 heterocycles. The van der Waals surface area contributed by atoms with Crippen LogP contribution in [0, 0.1) is 5.92 Å². The fourth-order valence-corrected chi connectivity index (χ4v) is 1.98. The van der Waals surface area contributed by atoms with Gasteiger partial charge in [-0.3, -0.25) is 5.21 Å².